The first-order valence-electron chi connectivity index (χ1n) is 8.86. The van der Waals surface area contributed by atoms with E-state index in [4.69, 9.17) is 11.6 Å². The fourth-order valence-electron chi connectivity index (χ4n) is 3.27. The first-order chi connectivity index (χ1) is 12.5. The molecular weight excluding hydrogens is 348 g/mol. The minimum atomic E-state index is -0.315. The summed E-state index contributed by atoms with van der Waals surface area (Å²) in [6, 6.07) is 17.2. The maximum absolute atomic E-state index is 13.1. The van der Waals surface area contributed by atoms with Crippen LogP contribution in [0.15, 0.2) is 54.6 Å². The van der Waals surface area contributed by atoms with Crippen LogP contribution in [0.25, 0.3) is 0 Å². The smallest absolute Gasteiger partial charge is 0.228 e. The van der Waals surface area contributed by atoms with Crippen molar-refractivity contribution in [3.05, 3.63) is 65.2 Å². The number of anilines is 1. The molecule has 2 aromatic carbocycles. The van der Waals surface area contributed by atoms with Crippen LogP contribution in [-0.4, -0.2) is 29.3 Å². The Morgan fingerprint density at radius 2 is 1.81 bits per heavy atom. The van der Waals surface area contributed by atoms with Gasteiger partial charge < -0.3 is 9.80 Å². The van der Waals surface area contributed by atoms with Gasteiger partial charge in [-0.15, -0.1) is 0 Å². The van der Waals surface area contributed by atoms with Gasteiger partial charge in [0.05, 0.1) is 5.92 Å². The molecule has 3 rings (SSSR count). The fraction of sp³-hybridized carbons (Fsp3) is 0.333. The highest BCUT2D eigenvalue weighted by atomic mass is 35.5. The van der Waals surface area contributed by atoms with Crippen molar-refractivity contribution in [2.24, 2.45) is 5.92 Å². The van der Waals surface area contributed by atoms with Crippen LogP contribution in [0.2, 0.25) is 5.02 Å². The zero-order valence-corrected chi connectivity index (χ0v) is 15.8. The zero-order chi connectivity index (χ0) is 18.7. The SMILES string of the molecule is CC(C)N(Cc1ccccc1)C(=O)[C@H]1CC(=O)N(c2ccc(Cl)cc2)C1. The molecule has 1 saturated heterocycles. The van der Waals surface area contributed by atoms with Gasteiger partial charge in [-0.1, -0.05) is 41.9 Å². The lowest BCUT2D eigenvalue weighted by Gasteiger charge is -2.29. The van der Waals surface area contributed by atoms with Crippen molar-refractivity contribution in [3.8, 4) is 0 Å². The third-order valence-corrected chi connectivity index (χ3v) is 4.97. The molecule has 0 aromatic heterocycles. The molecule has 0 saturated carbocycles. The van der Waals surface area contributed by atoms with Gasteiger partial charge in [0.2, 0.25) is 11.8 Å². The Labute approximate surface area is 159 Å². The summed E-state index contributed by atoms with van der Waals surface area (Å²) in [6.07, 6.45) is 0.249. The van der Waals surface area contributed by atoms with Gasteiger partial charge >= 0.3 is 0 Å². The summed E-state index contributed by atoms with van der Waals surface area (Å²) in [6.45, 7) is 4.99. The van der Waals surface area contributed by atoms with Gasteiger partial charge in [0.1, 0.15) is 0 Å². The highest BCUT2D eigenvalue weighted by Crippen LogP contribution is 2.28. The van der Waals surface area contributed by atoms with Gasteiger partial charge in [-0.2, -0.15) is 0 Å². The molecule has 1 atom stereocenters. The van der Waals surface area contributed by atoms with Crippen LogP contribution in [-0.2, 0) is 16.1 Å². The Morgan fingerprint density at radius 3 is 2.42 bits per heavy atom. The number of rotatable bonds is 5. The first-order valence-corrected chi connectivity index (χ1v) is 9.24. The average Bonchev–Trinajstić information content (AvgIpc) is 3.02. The highest BCUT2D eigenvalue weighted by Gasteiger charge is 2.37. The third-order valence-electron chi connectivity index (χ3n) is 4.71. The van der Waals surface area contributed by atoms with Gasteiger partial charge in [-0.3, -0.25) is 9.59 Å². The van der Waals surface area contributed by atoms with E-state index in [1.165, 1.54) is 0 Å². The molecule has 0 spiro atoms. The predicted octanol–water partition coefficient (Wildman–Crippen LogP) is 4.13. The van der Waals surface area contributed by atoms with Crippen LogP contribution >= 0.6 is 11.6 Å². The summed E-state index contributed by atoms with van der Waals surface area (Å²) in [5, 5.41) is 0.627. The Hall–Kier alpha value is -2.33. The standard InChI is InChI=1S/C21H23ClN2O2/c1-15(2)23(13-16-6-4-3-5-7-16)21(26)17-12-20(25)24(14-17)19-10-8-18(22)9-11-19/h3-11,15,17H,12-14H2,1-2H3/t17-/m0/s1. The van der Waals surface area contributed by atoms with Gasteiger partial charge in [0, 0.05) is 36.3 Å². The number of benzene rings is 2. The van der Waals surface area contributed by atoms with Crippen LogP contribution in [0.5, 0.6) is 0 Å². The molecule has 2 aromatic rings. The first kappa shape index (κ1) is 18.5. The van der Waals surface area contributed by atoms with Gasteiger partial charge in [0.25, 0.3) is 0 Å². The fourth-order valence-corrected chi connectivity index (χ4v) is 3.40. The number of hydrogen-bond acceptors (Lipinski definition) is 2. The molecular formula is C21H23ClN2O2. The summed E-state index contributed by atoms with van der Waals surface area (Å²) >= 11 is 5.92. The lowest BCUT2D eigenvalue weighted by atomic mass is 10.1. The molecule has 1 aliphatic rings. The molecule has 2 amide bonds. The second-order valence-electron chi connectivity index (χ2n) is 6.93. The lowest BCUT2D eigenvalue weighted by molar-refractivity contribution is -0.138. The molecule has 0 N–H and O–H groups in total. The average molecular weight is 371 g/mol. The molecule has 5 heteroatoms. The molecule has 136 valence electrons. The maximum Gasteiger partial charge on any atom is 0.228 e. The van der Waals surface area contributed by atoms with Crippen LogP contribution in [0.3, 0.4) is 0 Å². The molecule has 1 heterocycles. The van der Waals surface area contributed by atoms with Crippen molar-refractivity contribution in [3.63, 3.8) is 0 Å². The van der Waals surface area contributed by atoms with E-state index in [9.17, 15) is 9.59 Å². The Bertz CT molecular complexity index is 774. The molecule has 4 nitrogen and oxygen atoms in total. The second kappa shape index (κ2) is 7.92. The summed E-state index contributed by atoms with van der Waals surface area (Å²) < 4.78 is 0. The van der Waals surface area contributed by atoms with E-state index in [1.54, 1.807) is 17.0 Å². The topological polar surface area (TPSA) is 40.6 Å². The summed E-state index contributed by atoms with van der Waals surface area (Å²) in [7, 11) is 0. The normalized spacial score (nSPS) is 17.0. The Kier molecular flexibility index (Phi) is 5.62. The Balaban J connectivity index is 1.73. The van der Waals surface area contributed by atoms with Crippen molar-refractivity contribution in [2.45, 2.75) is 32.9 Å². The molecule has 0 radical (unpaired) electrons. The Morgan fingerprint density at radius 1 is 1.15 bits per heavy atom. The number of carbonyl (C=O) groups is 2. The van der Waals surface area contributed by atoms with E-state index in [-0.39, 0.29) is 30.2 Å². The number of nitrogens with zero attached hydrogens (tertiary/aromatic N) is 2. The van der Waals surface area contributed by atoms with Gasteiger partial charge in [0.15, 0.2) is 0 Å². The molecule has 1 fully saturated rings. The van der Waals surface area contributed by atoms with E-state index >= 15 is 0 Å². The largest absolute Gasteiger partial charge is 0.336 e. The van der Waals surface area contributed by atoms with Crippen LogP contribution in [0.1, 0.15) is 25.8 Å². The van der Waals surface area contributed by atoms with Crippen molar-refractivity contribution in [2.75, 3.05) is 11.4 Å². The van der Waals surface area contributed by atoms with E-state index < -0.39 is 0 Å². The molecule has 0 unspecified atom stereocenters. The van der Waals surface area contributed by atoms with Gasteiger partial charge in [-0.25, -0.2) is 0 Å². The number of carbonyl (C=O) groups excluding carboxylic acids is 2. The van der Waals surface area contributed by atoms with Crippen LogP contribution in [0.4, 0.5) is 5.69 Å². The van der Waals surface area contributed by atoms with Crippen molar-refractivity contribution in [1.82, 2.24) is 4.90 Å². The van der Waals surface area contributed by atoms with Crippen LogP contribution < -0.4 is 4.90 Å². The quantitative estimate of drug-likeness (QED) is 0.794. The minimum Gasteiger partial charge on any atom is -0.336 e. The van der Waals surface area contributed by atoms with E-state index in [0.717, 1.165) is 11.3 Å². The van der Waals surface area contributed by atoms with E-state index in [0.29, 0.717) is 18.1 Å². The highest BCUT2D eigenvalue weighted by molar-refractivity contribution is 6.30. The summed E-state index contributed by atoms with van der Waals surface area (Å²) in [4.78, 5) is 29.1. The minimum absolute atomic E-state index is 0.0194. The van der Waals surface area contributed by atoms with Crippen LogP contribution in [0, 0.1) is 5.92 Å². The molecule has 26 heavy (non-hydrogen) atoms. The number of amides is 2. The summed E-state index contributed by atoms with van der Waals surface area (Å²) in [5.74, 6) is -0.299. The van der Waals surface area contributed by atoms with Crippen molar-refractivity contribution >= 4 is 29.1 Å². The molecule has 1 aliphatic heterocycles. The second-order valence-corrected chi connectivity index (χ2v) is 7.36. The van der Waals surface area contributed by atoms with E-state index in [2.05, 4.69) is 0 Å². The molecule has 0 bridgehead atoms. The zero-order valence-electron chi connectivity index (χ0n) is 15.1. The van der Waals surface area contributed by atoms with Gasteiger partial charge in [-0.05, 0) is 43.7 Å². The van der Waals surface area contributed by atoms with E-state index in [1.807, 2.05) is 61.2 Å². The monoisotopic (exact) mass is 370 g/mol. The number of halogens is 1. The third kappa shape index (κ3) is 4.07. The van der Waals surface area contributed by atoms with Crippen molar-refractivity contribution in [1.29, 1.82) is 0 Å². The maximum atomic E-state index is 13.1. The molecule has 0 aliphatic carbocycles. The van der Waals surface area contributed by atoms with Crippen molar-refractivity contribution < 1.29 is 9.59 Å². The summed E-state index contributed by atoms with van der Waals surface area (Å²) in [5.41, 5.74) is 1.88. The number of hydrogen-bond donors (Lipinski definition) is 0. The lowest BCUT2D eigenvalue weighted by Crippen LogP contribution is -2.41. The predicted molar refractivity (Wildman–Crippen MR) is 104 cm³/mol.